The molecule has 0 saturated heterocycles. The fourth-order valence-corrected chi connectivity index (χ4v) is 3.15. The van der Waals surface area contributed by atoms with Gasteiger partial charge in [0.05, 0.1) is 10.5 Å². The van der Waals surface area contributed by atoms with Gasteiger partial charge in [-0.15, -0.1) is 0 Å². The summed E-state index contributed by atoms with van der Waals surface area (Å²) >= 11 is 0. The lowest BCUT2D eigenvalue weighted by Gasteiger charge is -2.25. The van der Waals surface area contributed by atoms with Crippen LogP contribution in [0.25, 0.3) is 0 Å². The Morgan fingerprint density at radius 3 is 2.47 bits per heavy atom. The Kier molecular flexibility index (Phi) is 4.73. The zero-order chi connectivity index (χ0) is 14.8. The van der Waals surface area contributed by atoms with Crippen LogP contribution >= 0.6 is 0 Å². The van der Waals surface area contributed by atoms with E-state index in [4.69, 9.17) is 5.73 Å². The Balaban J connectivity index is 3.10. The number of hydrogen-bond donors (Lipinski definition) is 2. The third-order valence-electron chi connectivity index (χ3n) is 2.70. The SMILES string of the molecule is CC(N)c1cccc(S(=O)(=O)N(C)CC(C)(C)O)c1. The van der Waals surface area contributed by atoms with Gasteiger partial charge in [0.2, 0.25) is 10.0 Å². The molecule has 0 fully saturated rings. The highest BCUT2D eigenvalue weighted by Gasteiger charge is 2.26. The highest BCUT2D eigenvalue weighted by Crippen LogP contribution is 2.20. The van der Waals surface area contributed by atoms with Crippen LogP contribution in [0.5, 0.6) is 0 Å². The Bertz CT molecular complexity index is 533. The molecule has 1 unspecified atom stereocenters. The molecule has 6 heteroatoms. The van der Waals surface area contributed by atoms with Crippen LogP contribution in [0, 0.1) is 0 Å². The first-order chi connectivity index (χ1) is 8.54. The number of sulfonamides is 1. The van der Waals surface area contributed by atoms with Gasteiger partial charge in [0.25, 0.3) is 0 Å². The molecule has 0 spiro atoms. The molecule has 0 aliphatic carbocycles. The molecule has 0 saturated carbocycles. The standard InChI is InChI=1S/C13H22N2O3S/c1-10(14)11-6-5-7-12(8-11)19(17,18)15(4)9-13(2,3)16/h5-8,10,16H,9,14H2,1-4H3. The van der Waals surface area contributed by atoms with Crippen molar-refractivity contribution in [2.24, 2.45) is 5.73 Å². The molecule has 0 aliphatic rings. The average molecular weight is 286 g/mol. The lowest BCUT2D eigenvalue weighted by atomic mass is 10.1. The molecule has 1 rings (SSSR count). The van der Waals surface area contributed by atoms with Crippen molar-refractivity contribution in [2.75, 3.05) is 13.6 Å². The quantitative estimate of drug-likeness (QED) is 0.849. The summed E-state index contributed by atoms with van der Waals surface area (Å²) < 4.78 is 25.9. The summed E-state index contributed by atoms with van der Waals surface area (Å²) in [4.78, 5) is 0.189. The highest BCUT2D eigenvalue weighted by molar-refractivity contribution is 7.89. The van der Waals surface area contributed by atoms with Crippen LogP contribution in [0.3, 0.4) is 0 Å². The lowest BCUT2D eigenvalue weighted by molar-refractivity contribution is 0.0640. The third-order valence-corrected chi connectivity index (χ3v) is 4.50. The van der Waals surface area contributed by atoms with Crippen LogP contribution in [0.1, 0.15) is 32.4 Å². The molecule has 3 N–H and O–H groups in total. The van der Waals surface area contributed by atoms with Crippen molar-refractivity contribution in [3.63, 3.8) is 0 Å². The van der Waals surface area contributed by atoms with E-state index in [0.717, 1.165) is 9.87 Å². The van der Waals surface area contributed by atoms with Gasteiger partial charge in [-0.05, 0) is 38.5 Å². The summed E-state index contributed by atoms with van der Waals surface area (Å²) in [7, 11) is -2.16. The van der Waals surface area contributed by atoms with Crippen molar-refractivity contribution in [2.45, 2.75) is 37.3 Å². The van der Waals surface area contributed by atoms with Crippen molar-refractivity contribution >= 4 is 10.0 Å². The zero-order valence-electron chi connectivity index (χ0n) is 11.8. The van der Waals surface area contributed by atoms with Crippen molar-refractivity contribution in [3.8, 4) is 0 Å². The van der Waals surface area contributed by atoms with E-state index in [-0.39, 0.29) is 17.5 Å². The van der Waals surface area contributed by atoms with Gasteiger partial charge >= 0.3 is 0 Å². The Hall–Kier alpha value is -0.950. The van der Waals surface area contributed by atoms with E-state index in [9.17, 15) is 13.5 Å². The number of likely N-dealkylation sites (N-methyl/N-ethyl adjacent to an activating group) is 1. The normalized spacial score (nSPS) is 14.7. The zero-order valence-corrected chi connectivity index (χ0v) is 12.6. The van der Waals surface area contributed by atoms with E-state index in [2.05, 4.69) is 0 Å². The van der Waals surface area contributed by atoms with Gasteiger partial charge in [0.15, 0.2) is 0 Å². The second-order valence-electron chi connectivity index (χ2n) is 5.43. The number of rotatable bonds is 5. The highest BCUT2D eigenvalue weighted by atomic mass is 32.2. The number of benzene rings is 1. The van der Waals surface area contributed by atoms with Crippen LogP contribution in [-0.2, 0) is 10.0 Å². The van der Waals surface area contributed by atoms with Crippen molar-refractivity contribution in [3.05, 3.63) is 29.8 Å². The van der Waals surface area contributed by atoms with E-state index in [1.165, 1.54) is 13.1 Å². The predicted molar refractivity (Wildman–Crippen MR) is 75.2 cm³/mol. The minimum atomic E-state index is -3.61. The van der Waals surface area contributed by atoms with Crippen LogP contribution in [0.4, 0.5) is 0 Å². The number of hydrogen-bond acceptors (Lipinski definition) is 4. The molecule has 0 aromatic heterocycles. The van der Waals surface area contributed by atoms with Crippen LogP contribution in [-0.4, -0.2) is 37.0 Å². The van der Waals surface area contributed by atoms with Gasteiger partial charge in [-0.1, -0.05) is 12.1 Å². The summed E-state index contributed by atoms with van der Waals surface area (Å²) in [5.41, 5.74) is 5.43. The van der Waals surface area contributed by atoms with Gasteiger partial charge in [0.1, 0.15) is 0 Å². The maximum absolute atomic E-state index is 12.4. The monoisotopic (exact) mass is 286 g/mol. The van der Waals surface area contributed by atoms with E-state index < -0.39 is 15.6 Å². The summed E-state index contributed by atoms with van der Waals surface area (Å²) in [6, 6.07) is 6.33. The van der Waals surface area contributed by atoms with Crippen molar-refractivity contribution < 1.29 is 13.5 Å². The molecular weight excluding hydrogens is 264 g/mol. The Morgan fingerprint density at radius 1 is 1.42 bits per heavy atom. The summed E-state index contributed by atoms with van der Waals surface area (Å²) in [5.74, 6) is 0. The lowest BCUT2D eigenvalue weighted by Crippen LogP contribution is -2.39. The fraction of sp³-hybridized carbons (Fsp3) is 0.538. The molecular formula is C13H22N2O3S. The van der Waals surface area contributed by atoms with E-state index in [1.54, 1.807) is 39.0 Å². The topological polar surface area (TPSA) is 83.6 Å². The smallest absolute Gasteiger partial charge is 0.242 e. The summed E-state index contributed by atoms with van der Waals surface area (Å²) in [6.07, 6.45) is 0. The molecule has 108 valence electrons. The summed E-state index contributed by atoms with van der Waals surface area (Å²) in [6.45, 7) is 4.96. The molecule has 0 heterocycles. The van der Waals surface area contributed by atoms with Gasteiger partial charge < -0.3 is 10.8 Å². The fourth-order valence-electron chi connectivity index (χ4n) is 1.77. The average Bonchev–Trinajstić information content (AvgIpc) is 2.26. The number of aliphatic hydroxyl groups is 1. The van der Waals surface area contributed by atoms with Crippen LogP contribution in [0.2, 0.25) is 0 Å². The first-order valence-corrected chi connectivity index (χ1v) is 7.52. The predicted octanol–water partition coefficient (Wildman–Crippen LogP) is 1.10. The van der Waals surface area contributed by atoms with Gasteiger partial charge in [-0.2, -0.15) is 4.31 Å². The largest absolute Gasteiger partial charge is 0.389 e. The van der Waals surface area contributed by atoms with Crippen LogP contribution < -0.4 is 5.73 Å². The molecule has 0 radical (unpaired) electrons. The molecule has 5 nitrogen and oxygen atoms in total. The first-order valence-electron chi connectivity index (χ1n) is 6.08. The number of nitrogens with zero attached hydrogens (tertiary/aromatic N) is 1. The Morgan fingerprint density at radius 2 is 2.00 bits per heavy atom. The van der Waals surface area contributed by atoms with Gasteiger partial charge in [-0.3, -0.25) is 0 Å². The van der Waals surface area contributed by atoms with Gasteiger partial charge in [0, 0.05) is 19.6 Å². The van der Waals surface area contributed by atoms with Crippen molar-refractivity contribution in [1.82, 2.24) is 4.31 Å². The van der Waals surface area contributed by atoms with E-state index >= 15 is 0 Å². The second-order valence-corrected chi connectivity index (χ2v) is 7.48. The van der Waals surface area contributed by atoms with Crippen LogP contribution in [0.15, 0.2) is 29.2 Å². The minimum absolute atomic E-state index is 0.0255. The third kappa shape index (κ3) is 4.28. The van der Waals surface area contributed by atoms with Crippen molar-refractivity contribution in [1.29, 1.82) is 0 Å². The van der Waals surface area contributed by atoms with E-state index in [1.807, 2.05) is 0 Å². The number of nitrogens with two attached hydrogens (primary N) is 1. The maximum Gasteiger partial charge on any atom is 0.242 e. The molecule has 1 aromatic carbocycles. The molecule has 0 bridgehead atoms. The minimum Gasteiger partial charge on any atom is -0.389 e. The first kappa shape index (κ1) is 16.1. The molecule has 19 heavy (non-hydrogen) atoms. The Labute approximate surface area is 115 Å². The molecule has 1 atom stereocenters. The summed E-state index contributed by atoms with van der Waals surface area (Å²) in [5, 5.41) is 9.72. The maximum atomic E-state index is 12.4. The molecule has 0 aliphatic heterocycles. The second kappa shape index (κ2) is 5.58. The molecule has 0 amide bonds. The van der Waals surface area contributed by atoms with Gasteiger partial charge in [-0.25, -0.2) is 8.42 Å². The molecule has 1 aromatic rings. The van der Waals surface area contributed by atoms with E-state index in [0.29, 0.717) is 0 Å².